The Morgan fingerprint density at radius 3 is 2.31 bits per heavy atom. The highest BCUT2D eigenvalue weighted by atomic mass is 79.9. The van der Waals surface area contributed by atoms with E-state index in [2.05, 4.69) is 21.2 Å². The zero-order valence-electron chi connectivity index (χ0n) is 14.2. The van der Waals surface area contributed by atoms with Crippen molar-refractivity contribution in [1.29, 1.82) is 0 Å². The molecule has 3 aromatic rings. The molecule has 0 aliphatic carbocycles. The van der Waals surface area contributed by atoms with Crippen LogP contribution in [0, 0.1) is 0 Å². The van der Waals surface area contributed by atoms with Crippen molar-refractivity contribution in [2.45, 2.75) is 12.5 Å². The van der Waals surface area contributed by atoms with Crippen LogP contribution in [0.4, 0.5) is 0 Å². The smallest absolute Gasteiger partial charge is 0.328 e. The lowest BCUT2D eigenvalue weighted by atomic mass is 10.0. The van der Waals surface area contributed by atoms with Crippen LogP contribution in [-0.2, 0) is 16.0 Å². The Balaban J connectivity index is 1.89. The maximum atomic E-state index is 12.9. The Labute approximate surface area is 160 Å². The molecule has 0 spiro atoms. The number of hydrogen-bond acceptors (Lipinski definition) is 3. The monoisotopic (exact) mass is 411 g/mol. The van der Waals surface area contributed by atoms with Crippen LogP contribution in [0.2, 0.25) is 0 Å². The molecule has 4 nitrogen and oxygen atoms in total. The van der Waals surface area contributed by atoms with Crippen molar-refractivity contribution < 1.29 is 14.3 Å². The van der Waals surface area contributed by atoms with Crippen LogP contribution in [0.15, 0.2) is 71.2 Å². The molecular formula is C21H18BrNO3. The number of carbonyl (C=O) groups is 2. The molecule has 0 heterocycles. The molecule has 0 bridgehead atoms. The van der Waals surface area contributed by atoms with Gasteiger partial charge in [-0.15, -0.1) is 0 Å². The number of carbonyl (C=O) groups excluding carboxylic acids is 2. The Kier molecular flexibility index (Phi) is 5.68. The highest BCUT2D eigenvalue weighted by Crippen LogP contribution is 2.26. The third kappa shape index (κ3) is 3.94. The van der Waals surface area contributed by atoms with E-state index >= 15 is 0 Å². The van der Waals surface area contributed by atoms with E-state index in [1.807, 2.05) is 60.7 Å². The number of methoxy groups -OCH3 is 1. The SMILES string of the molecule is COC(=O)[C@H](Cc1ccccc1)NC(=O)c1ccc(Br)c2ccccc12. The van der Waals surface area contributed by atoms with E-state index < -0.39 is 12.0 Å². The van der Waals surface area contributed by atoms with Crippen LogP contribution in [0.1, 0.15) is 15.9 Å². The lowest BCUT2D eigenvalue weighted by Crippen LogP contribution is -2.43. The standard InChI is InChI=1S/C21H18BrNO3/c1-26-21(25)19(13-14-7-3-2-4-8-14)23-20(24)17-11-12-18(22)16-10-6-5-9-15(16)17/h2-12,19H,13H2,1H3,(H,23,24)/t19-/m0/s1. The van der Waals surface area contributed by atoms with Crippen LogP contribution in [-0.4, -0.2) is 25.0 Å². The van der Waals surface area contributed by atoms with Crippen molar-refractivity contribution in [3.63, 3.8) is 0 Å². The average Bonchev–Trinajstić information content (AvgIpc) is 2.68. The number of halogens is 1. The van der Waals surface area contributed by atoms with Crippen LogP contribution in [0.25, 0.3) is 10.8 Å². The van der Waals surface area contributed by atoms with Gasteiger partial charge in [-0.05, 0) is 28.5 Å². The molecule has 0 saturated carbocycles. The van der Waals surface area contributed by atoms with Crippen molar-refractivity contribution in [3.8, 4) is 0 Å². The summed E-state index contributed by atoms with van der Waals surface area (Å²) in [5.41, 5.74) is 1.47. The second-order valence-electron chi connectivity index (χ2n) is 5.88. The molecule has 0 aliphatic heterocycles. The lowest BCUT2D eigenvalue weighted by Gasteiger charge is -2.17. The molecule has 1 amide bonds. The van der Waals surface area contributed by atoms with Gasteiger partial charge < -0.3 is 10.1 Å². The molecule has 5 heteroatoms. The van der Waals surface area contributed by atoms with Crippen LogP contribution in [0.3, 0.4) is 0 Å². The number of rotatable bonds is 5. The van der Waals surface area contributed by atoms with Gasteiger partial charge in [-0.1, -0.05) is 70.5 Å². The molecular weight excluding hydrogens is 394 g/mol. The van der Waals surface area contributed by atoms with E-state index in [4.69, 9.17) is 4.74 Å². The fourth-order valence-electron chi connectivity index (χ4n) is 2.88. The molecule has 132 valence electrons. The van der Waals surface area contributed by atoms with Crippen molar-refractivity contribution in [2.24, 2.45) is 0 Å². The van der Waals surface area contributed by atoms with Gasteiger partial charge in [-0.3, -0.25) is 4.79 Å². The molecule has 26 heavy (non-hydrogen) atoms. The number of hydrogen-bond donors (Lipinski definition) is 1. The highest BCUT2D eigenvalue weighted by molar-refractivity contribution is 9.10. The number of benzene rings is 3. The maximum Gasteiger partial charge on any atom is 0.328 e. The van der Waals surface area contributed by atoms with Crippen molar-refractivity contribution in [2.75, 3.05) is 7.11 Å². The molecule has 0 saturated heterocycles. The van der Waals surface area contributed by atoms with E-state index in [9.17, 15) is 9.59 Å². The first-order valence-electron chi connectivity index (χ1n) is 8.20. The summed E-state index contributed by atoms with van der Waals surface area (Å²) in [4.78, 5) is 25.0. The van der Waals surface area contributed by atoms with Gasteiger partial charge in [-0.25, -0.2) is 4.79 Å². The quantitative estimate of drug-likeness (QED) is 0.642. The number of fused-ring (bicyclic) bond motifs is 1. The average molecular weight is 412 g/mol. The van der Waals surface area contributed by atoms with Crippen molar-refractivity contribution in [3.05, 3.63) is 82.3 Å². The van der Waals surface area contributed by atoms with Gasteiger partial charge in [0, 0.05) is 16.5 Å². The fraction of sp³-hybridized carbons (Fsp3) is 0.143. The number of ether oxygens (including phenoxy) is 1. The topological polar surface area (TPSA) is 55.4 Å². The van der Waals surface area contributed by atoms with E-state index in [-0.39, 0.29) is 5.91 Å². The second kappa shape index (κ2) is 8.15. The minimum absolute atomic E-state index is 0.306. The fourth-order valence-corrected chi connectivity index (χ4v) is 3.36. The third-order valence-corrected chi connectivity index (χ3v) is 4.88. The summed E-state index contributed by atoms with van der Waals surface area (Å²) in [7, 11) is 1.32. The number of amides is 1. The Hall–Kier alpha value is -2.66. The summed E-state index contributed by atoms with van der Waals surface area (Å²) in [5, 5.41) is 4.58. The summed E-state index contributed by atoms with van der Waals surface area (Å²) in [6.07, 6.45) is 0.369. The zero-order valence-corrected chi connectivity index (χ0v) is 15.8. The Morgan fingerprint density at radius 1 is 0.962 bits per heavy atom. The first-order chi connectivity index (χ1) is 12.6. The van der Waals surface area contributed by atoms with Crippen LogP contribution in [0.5, 0.6) is 0 Å². The first-order valence-corrected chi connectivity index (χ1v) is 8.99. The summed E-state index contributed by atoms with van der Waals surface area (Å²) in [6.45, 7) is 0. The first kappa shape index (κ1) is 18.1. The second-order valence-corrected chi connectivity index (χ2v) is 6.73. The van der Waals surface area contributed by atoms with Gasteiger partial charge in [0.05, 0.1) is 7.11 Å². The Morgan fingerprint density at radius 2 is 1.62 bits per heavy atom. The largest absolute Gasteiger partial charge is 0.467 e. The summed E-state index contributed by atoms with van der Waals surface area (Å²) >= 11 is 3.50. The van der Waals surface area contributed by atoms with Crippen LogP contribution < -0.4 is 5.32 Å². The molecule has 1 N–H and O–H groups in total. The molecule has 0 fully saturated rings. The van der Waals surface area contributed by atoms with Gasteiger partial charge in [0.2, 0.25) is 0 Å². The Bertz CT molecular complexity index is 940. The zero-order chi connectivity index (χ0) is 18.5. The van der Waals surface area contributed by atoms with Crippen LogP contribution >= 0.6 is 15.9 Å². The predicted octanol–water partition coefficient (Wildman–Crippen LogP) is 4.12. The molecule has 3 aromatic carbocycles. The third-order valence-electron chi connectivity index (χ3n) is 4.19. The van der Waals surface area contributed by atoms with Gasteiger partial charge in [0.15, 0.2) is 0 Å². The van der Waals surface area contributed by atoms with Gasteiger partial charge in [0.25, 0.3) is 5.91 Å². The molecule has 3 rings (SSSR count). The summed E-state index contributed by atoms with van der Waals surface area (Å²) in [5.74, 6) is -0.774. The molecule has 0 aliphatic rings. The van der Waals surface area contributed by atoms with Gasteiger partial charge >= 0.3 is 5.97 Å². The van der Waals surface area contributed by atoms with Crippen molar-refractivity contribution in [1.82, 2.24) is 5.32 Å². The number of esters is 1. The summed E-state index contributed by atoms with van der Waals surface area (Å²) in [6, 6.07) is 20.0. The molecule has 0 radical (unpaired) electrons. The van der Waals surface area contributed by atoms with E-state index in [1.165, 1.54) is 7.11 Å². The normalized spacial score (nSPS) is 11.8. The highest BCUT2D eigenvalue weighted by Gasteiger charge is 2.23. The minimum Gasteiger partial charge on any atom is -0.467 e. The molecule has 0 aromatic heterocycles. The van der Waals surface area contributed by atoms with Gasteiger partial charge in [0.1, 0.15) is 6.04 Å². The number of nitrogens with one attached hydrogen (secondary N) is 1. The minimum atomic E-state index is -0.752. The van der Waals surface area contributed by atoms with Gasteiger partial charge in [-0.2, -0.15) is 0 Å². The lowest BCUT2D eigenvalue weighted by molar-refractivity contribution is -0.142. The van der Waals surface area contributed by atoms with E-state index in [0.29, 0.717) is 12.0 Å². The summed E-state index contributed by atoms with van der Waals surface area (Å²) < 4.78 is 5.78. The molecule has 0 unspecified atom stereocenters. The predicted molar refractivity (Wildman–Crippen MR) is 105 cm³/mol. The van der Waals surface area contributed by atoms with E-state index in [0.717, 1.165) is 20.8 Å². The molecule has 1 atom stereocenters. The maximum absolute atomic E-state index is 12.9. The van der Waals surface area contributed by atoms with Crippen molar-refractivity contribution >= 4 is 38.6 Å². The van der Waals surface area contributed by atoms with E-state index in [1.54, 1.807) is 6.07 Å².